The van der Waals surface area contributed by atoms with Crippen LogP contribution in [0.4, 0.5) is 43.9 Å². The van der Waals surface area contributed by atoms with E-state index in [9.17, 15) is 60.7 Å². The summed E-state index contributed by atoms with van der Waals surface area (Å²) in [4.78, 5) is 0. The van der Waals surface area contributed by atoms with Crippen LogP contribution in [0.15, 0.2) is 10.8 Å². The van der Waals surface area contributed by atoms with Gasteiger partial charge in [-0.25, -0.2) is 60.7 Å². The number of hydrogen-bond acceptors (Lipinski definition) is 4. The van der Waals surface area contributed by atoms with Gasteiger partial charge in [-0.05, 0) is 12.2 Å². The second-order valence-electron chi connectivity index (χ2n) is 5.75. The summed E-state index contributed by atoms with van der Waals surface area (Å²) in [6.07, 6.45) is -0.385. The average molecular weight is 529 g/mol. The van der Waals surface area contributed by atoms with Gasteiger partial charge in [0, 0.05) is 10.8 Å². The number of rotatable bonds is 6. The van der Waals surface area contributed by atoms with Crippen LogP contribution in [0, 0.1) is 58.2 Å². The van der Waals surface area contributed by atoms with E-state index in [1.54, 1.807) is 0 Å². The molecule has 0 radical (unpaired) electrons. The summed E-state index contributed by atoms with van der Waals surface area (Å²) in [7, 11) is -10.6. The second-order valence-corrected chi connectivity index (χ2v) is 9.14. The van der Waals surface area contributed by atoms with Crippen molar-refractivity contribution in [2.45, 2.75) is 0 Å². The van der Waals surface area contributed by atoms with Crippen molar-refractivity contribution in [3.8, 4) is 0 Å². The molecule has 0 aliphatic rings. The molecule has 0 unspecified atom stereocenters. The number of halogens is 10. The summed E-state index contributed by atoms with van der Waals surface area (Å²) < 4.78 is 180. The Balaban J connectivity index is 2.38. The van der Waals surface area contributed by atoms with Crippen molar-refractivity contribution in [1.29, 1.82) is 0 Å². The molecule has 0 saturated heterocycles. The molecule has 2 aromatic carbocycles. The predicted molar refractivity (Wildman–Crippen MR) is 91.5 cm³/mol. The zero-order valence-electron chi connectivity index (χ0n) is 15.0. The van der Waals surface area contributed by atoms with Crippen LogP contribution < -0.4 is 4.13 Å². The number of sulfonamides is 2. The smallest absolute Gasteiger partial charge is 0.207 e. The van der Waals surface area contributed by atoms with Crippen LogP contribution in [0.5, 0.6) is 0 Å². The fourth-order valence-corrected chi connectivity index (χ4v) is 4.44. The molecule has 2 aromatic rings. The van der Waals surface area contributed by atoms with Gasteiger partial charge in [-0.2, -0.15) is 0 Å². The molecular formula is C16H5F10NO4S2. The van der Waals surface area contributed by atoms with Gasteiger partial charge in [0.15, 0.2) is 46.5 Å². The SMILES string of the molecule is O=S(=O)(C=Cc1c(F)c(F)c(F)c(F)c1F)NS(=O)(=O)C=Cc1c(F)c(F)c(F)c(F)c1F. The molecule has 0 spiro atoms. The van der Waals surface area contributed by atoms with Crippen molar-refractivity contribution in [2.75, 3.05) is 0 Å². The molecule has 2 rings (SSSR count). The minimum Gasteiger partial charge on any atom is -0.207 e. The molecule has 0 bridgehead atoms. The van der Waals surface area contributed by atoms with Gasteiger partial charge in [0.1, 0.15) is 0 Å². The lowest BCUT2D eigenvalue weighted by Gasteiger charge is -2.05. The van der Waals surface area contributed by atoms with E-state index in [4.69, 9.17) is 0 Å². The Kier molecular flexibility index (Phi) is 7.30. The van der Waals surface area contributed by atoms with E-state index in [-0.39, 0.29) is 23.0 Å². The first-order valence-corrected chi connectivity index (χ1v) is 10.8. The standard InChI is InChI=1S/C16H5F10NO4S2/c17-7-5(8(18)12(22)15(25)11(7)21)1-3-32(28,29)27-33(30,31)4-2-6-9(19)13(23)16(26)14(24)10(6)20/h1-4,27H. The zero-order valence-corrected chi connectivity index (χ0v) is 16.7. The Morgan fingerprint density at radius 3 is 0.879 bits per heavy atom. The van der Waals surface area contributed by atoms with Crippen LogP contribution >= 0.6 is 0 Å². The number of hydrogen-bond donors (Lipinski definition) is 1. The monoisotopic (exact) mass is 529 g/mol. The minimum absolute atomic E-state index is 0.193. The van der Waals surface area contributed by atoms with Crippen LogP contribution in [0.3, 0.4) is 0 Å². The Morgan fingerprint density at radius 1 is 0.424 bits per heavy atom. The predicted octanol–water partition coefficient (Wildman–Crippen LogP) is 3.97. The van der Waals surface area contributed by atoms with Gasteiger partial charge in [0.2, 0.25) is 31.7 Å². The number of benzene rings is 2. The molecule has 1 N–H and O–H groups in total. The van der Waals surface area contributed by atoms with E-state index in [1.165, 1.54) is 0 Å². The van der Waals surface area contributed by atoms with E-state index in [0.29, 0.717) is 0 Å². The van der Waals surface area contributed by atoms with Crippen molar-refractivity contribution in [3.05, 3.63) is 80.1 Å². The van der Waals surface area contributed by atoms with Crippen molar-refractivity contribution < 1.29 is 60.7 Å². The fourth-order valence-electron chi connectivity index (χ4n) is 2.07. The maximum Gasteiger partial charge on any atom is 0.246 e. The topological polar surface area (TPSA) is 80.3 Å². The van der Waals surface area contributed by atoms with Crippen LogP contribution in [-0.4, -0.2) is 16.8 Å². The molecular weight excluding hydrogens is 524 g/mol. The van der Waals surface area contributed by atoms with E-state index < -0.39 is 89.3 Å². The largest absolute Gasteiger partial charge is 0.246 e. The Hall–Kier alpha value is -2.92. The Morgan fingerprint density at radius 2 is 0.636 bits per heavy atom. The molecule has 0 aromatic heterocycles. The van der Waals surface area contributed by atoms with E-state index in [0.717, 1.165) is 4.13 Å². The lowest BCUT2D eigenvalue weighted by molar-refractivity contribution is 0.377. The molecule has 0 saturated carbocycles. The lowest BCUT2D eigenvalue weighted by Crippen LogP contribution is -2.27. The first-order chi connectivity index (χ1) is 15.0. The van der Waals surface area contributed by atoms with Crippen LogP contribution in [-0.2, 0) is 20.0 Å². The highest BCUT2D eigenvalue weighted by atomic mass is 32.3. The summed E-state index contributed by atoms with van der Waals surface area (Å²) >= 11 is 0. The lowest BCUT2D eigenvalue weighted by atomic mass is 10.1. The highest BCUT2D eigenvalue weighted by molar-refractivity contribution is 8.07. The molecule has 0 heterocycles. The summed E-state index contributed by atoms with van der Waals surface area (Å²) in [5, 5.41) is -0.676. The first kappa shape index (κ1) is 26.3. The first-order valence-electron chi connectivity index (χ1n) is 7.68. The van der Waals surface area contributed by atoms with Gasteiger partial charge < -0.3 is 0 Å². The normalized spacial score (nSPS) is 12.9. The van der Waals surface area contributed by atoms with Crippen molar-refractivity contribution in [2.24, 2.45) is 0 Å². The summed E-state index contributed by atoms with van der Waals surface area (Å²) in [5.41, 5.74) is -3.52. The third kappa shape index (κ3) is 5.36. The van der Waals surface area contributed by atoms with E-state index in [2.05, 4.69) is 0 Å². The zero-order chi connectivity index (χ0) is 25.5. The van der Waals surface area contributed by atoms with Gasteiger partial charge in [-0.3, -0.25) is 0 Å². The maximum absolute atomic E-state index is 13.5. The van der Waals surface area contributed by atoms with Gasteiger partial charge in [0.05, 0.1) is 11.1 Å². The van der Waals surface area contributed by atoms with Crippen LogP contribution in [0.25, 0.3) is 12.2 Å². The summed E-state index contributed by atoms with van der Waals surface area (Å²) in [5.74, 6) is -24.6. The molecule has 5 nitrogen and oxygen atoms in total. The minimum atomic E-state index is -5.29. The third-order valence-corrected chi connectivity index (χ3v) is 6.39. The fraction of sp³-hybridized carbons (Fsp3) is 0. The van der Waals surface area contributed by atoms with Gasteiger partial charge >= 0.3 is 0 Å². The molecule has 0 aliphatic carbocycles. The Bertz CT molecular complexity index is 1250. The molecule has 0 fully saturated rings. The van der Waals surface area contributed by atoms with Gasteiger partial charge in [0.25, 0.3) is 0 Å². The van der Waals surface area contributed by atoms with Crippen LogP contribution in [0.2, 0.25) is 0 Å². The molecule has 0 aliphatic heterocycles. The highest BCUT2D eigenvalue weighted by Crippen LogP contribution is 2.25. The van der Waals surface area contributed by atoms with Crippen molar-refractivity contribution >= 4 is 32.2 Å². The number of nitrogens with one attached hydrogen (secondary N) is 1. The molecule has 0 amide bonds. The van der Waals surface area contributed by atoms with E-state index in [1.807, 2.05) is 0 Å². The van der Waals surface area contributed by atoms with Crippen molar-refractivity contribution in [1.82, 2.24) is 4.13 Å². The highest BCUT2D eigenvalue weighted by Gasteiger charge is 2.26. The van der Waals surface area contributed by atoms with Crippen LogP contribution in [0.1, 0.15) is 11.1 Å². The Labute approximate surface area is 177 Å². The molecule has 33 heavy (non-hydrogen) atoms. The molecule has 180 valence electrons. The van der Waals surface area contributed by atoms with Gasteiger partial charge in [-0.15, -0.1) is 4.13 Å². The summed E-state index contributed by atoms with van der Waals surface area (Å²) in [6.45, 7) is 0. The quantitative estimate of drug-likeness (QED) is 0.349. The molecule has 17 heteroatoms. The molecule has 0 atom stereocenters. The van der Waals surface area contributed by atoms with Crippen molar-refractivity contribution in [3.63, 3.8) is 0 Å². The third-order valence-electron chi connectivity index (χ3n) is 3.55. The van der Waals surface area contributed by atoms with Gasteiger partial charge in [-0.1, -0.05) is 0 Å². The second kappa shape index (κ2) is 9.14. The average Bonchev–Trinajstić information content (AvgIpc) is 2.72. The maximum atomic E-state index is 13.5. The van der Waals surface area contributed by atoms with E-state index >= 15 is 0 Å². The summed E-state index contributed by atoms with van der Waals surface area (Å²) in [6, 6.07) is 0.